The Labute approximate surface area is 193 Å². The van der Waals surface area contributed by atoms with E-state index in [1.807, 2.05) is 0 Å². The molecule has 0 saturated carbocycles. The normalized spacial score (nSPS) is 17.6. The Morgan fingerprint density at radius 3 is 2.61 bits per heavy atom. The highest BCUT2D eigenvalue weighted by Crippen LogP contribution is 2.59. The zero-order valence-electron chi connectivity index (χ0n) is 17.0. The number of esters is 1. The van der Waals surface area contributed by atoms with Gasteiger partial charge < -0.3 is 29.9 Å². The van der Waals surface area contributed by atoms with Crippen LogP contribution in [0.2, 0.25) is 0 Å². The van der Waals surface area contributed by atoms with E-state index in [1.165, 1.54) is 18.2 Å². The quantitative estimate of drug-likeness (QED) is 0.200. The van der Waals surface area contributed by atoms with E-state index in [2.05, 4.69) is 10.2 Å². The number of carbonyl (C=O) groups is 1. The molecular weight excluding hydrogens is 446 g/mol. The van der Waals surface area contributed by atoms with Gasteiger partial charge in [0.15, 0.2) is 11.9 Å². The third kappa shape index (κ3) is 3.10. The van der Waals surface area contributed by atoms with Crippen molar-refractivity contribution in [1.82, 2.24) is 0 Å². The smallest absolute Gasteiger partial charge is 0.340 e. The fourth-order valence-electron chi connectivity index (χ4n) is 4.58. The van der Waals surface area contributed by atoms with E-state index in [4.69, 9.17) is 21.7 Å². The van der Waals surface area contributed by atoms with Gasteiger partial charge in [-0.2, -0.15) is 4.99 Å². The maximum atomic E-state index is 13.0. The number of phenols is 2. The molecule has 0 aromatic heterocycles. The fourth-order valence-corrected chi connectivity index (χ4v) is 4.67. The van der Waals surface area contributed by atoms with Gasteiger partial charge in [-0.25, -0.2) is 4.79 Å². The molecule has 4 N–H and O–H groups in total. The first kappa shape index (κ1) is 21.1. The number of carbonyl (C=O) groups excluding carboxylic acids is 1. The van der Waals surface area contributed by atoms with Gasteiger partial charge >= 0.3 is 5.97 Å². The van der Waals surface area contributed by atoms with Gasteiger partial charge in [-0.1, -0.05) is 18.2 Å². The number of nitrogens with zero attached hydrogens (tertiary/aromatic N) is 1. The largest absolute Gasteiger partial charge is 0.508 e. The van der Waals surface area contributed by atoms with Crippen molar-refractivity contribution in [2.45, 2.75) is 24.7 Å². The number of isothiocyanates is 1. The average Bonchev–Trinajstić information content (AvgIpc) is 3.06. The van der Waals surface area contributed by atoms with Gasteiger partial charge in [-0.05, 0) is 42.4 Å². The Hall–Kier alpha value is -3.75. The van der Waals surface area contributed by atoms with Gasteiger partial charge in [0.1, 0.15) is 28.7 Å². The lowest BCUT2D eigenvalue weighted by molar-refractivity contribution is -0.0449. The summed E-state index contributed by atoms with van der Waals surface area (Å²) < 4.78 is 12.1. The van der Waals surface area contributed by atoms with Gasteiger partial charge in [0.2, 0.25) is 0 Å². The number of aliphatic hydroxyl groups excluding tert-OH is 1. The lowest BCUT2D eigenvalue weighted by atomic mass is 9.74. The van der Waals surface area contributed by atoms with Crippen LogP contribution in [-0.4, -0.2) is 37.8 Å². The molecule has 1 unspecified atom stereocenters. The van der Waals surface area contributed by atoms with Crippen molar-refractivity contribution >= 4 is 29.0 Å². The van der Waals surface area contributed by atoms with Crippen LogP contribution in [0.3, 0.4) is 0 Å². The molecule has 5 rings (SSSR count). The summed E-state index contributed by atoms with van der Waals surface area (Å²) in [6, 6.07) is 12.7. The number of benzene rings is 3. The Bertz CT molecular complexity index is 1360. The fraction of sp³-hybridized carbons (Fsp3) is 0.167. The molecule has 9 heteroatoms. The second kappa shape index (κ2) is 7.68. The van der Waals surface area contributed by atoms with Crippen LogP contribution in [0.15, 0.2) is 53.5 Å². The summed E-state index contributed by atoms with van der Waals surface area (Å²) in [5.41, 5.74) is 0.667. The molecule has 0 fully saturated rings. The highest BCUT2D eigenvalue weighted by atomic mass is 32.1. The van der Waals surface area contributed by atoms with Gasteiger partial charge in [-0.3, -0.25) is 0 Å². The van der Waals surface area contributed by atoms with Crippen LogP contribution in [0.5, 0.6) is 23.0 Å². The third-order valence-corrected chi connectivity index (χ3v) is 5.93. The molecular formula is C24H17NO7S. The summed E-state index contributed by atoms with van der Waals surface area (Å²) in [4.78, 5) is 17.0. The first-order valence-electron chi connectivity index (χ1n) is 10.0. The van der Waals surface area contributed by atoms with Crippen molar-refractivity contribution in [1.29, 1.82) is 0 Å². The summed E-state index contributed by atoms with van der Waals surface area (Å²) in [7, 11) is 0. The first-order valence-corrected chi connectivity index (χ1v) is 10.4. The number of phenolic OH excluding ortho intramolecular Hbond substituents is 2. The van der Waals surface area contributed by atoms with Crippen molar-refractivity contribution in [3.8, 4) is 23.0 Å². The van der Waals surface area contributed by atoms with Gasteiger partial charge in [0.25, 0.3) is 0 Å². The zero-order chi connectivity index (χ0) is 23.3. The predicted octanol–water partition coefficient (Wildman–Crippen LogP) is 3.64. The van der Waals surface area contributed by atoms with Crippen molar-refractivity contribution in [2.75, 3.05) is 0 Å². The van der Waals surface area contributed by atoms with Crippen LogP contribution in [0.25, 0.3) is 0 Å². The van der Waals surface area contributed by atoms with Gasteiger partial charge in [-0.15, -0.1) is 0 Å². The molecule has 2 aliphatic heterocycles. The van der Waals surface area contributed by atoms with E-state index >= 15 is 0 Å². The standard InChI is InChI=1S/C24H17NO7S/c26-12-5-7-16-18(9-12)31-19-10-17(27)22(25-11-33)14(6-8-20(28)29)21(19)24(16)15-4-2-1-3-13(15)23(30)32-24/h1-5,7,9-10,20,26-29H,6,8H2. The molecule has 0 amide bonds. The molecule has 8 nitrogen and oxygen atoms in total. The molecule has 3 aromatic rings. The van der Waals surface area contributed by atoms with Crippen molar-refractivity contribution in [2.24, 2.45) is 4.99 Å². The number of fused-ring (bicyclic) bond motifs is 6. The third-order valence-electron chi connectivity index (χ3n) is 5.84. The van der Waals surface area contributed by atoms with Crippen molar-refractivity contribution in [3.05, 3.63) is 76.3 Å². The zero-order valence-corrected chi connectivity index (χ0v) is 17.8. The van der Waals surface area contributed by atoms with E-state index in [0.717, 1.165) is 0 Å². The van der Waals surface area contributed by atoms with Gasteiger partial charge in [0.05, 0.1) is 16.3 Å². The minimum atomic E-state index is -1.63. The molecule has 2 heterocycles. The second-order valence-electron chi connectivity index (χ2n) is 7.72. The monoisotopic (exact) mass is 463 g/mol. The van der Waals surface area contributed by atoms with Crippen LogP contribution in [0.1, 0.15) is 39.0 Å². The number of aliphatic imine (C=N–C) groups is 1. The highest BCUT2D eigenvalue weighted by molar-refractivity contribution is 7.78. The summed E-state index contributed by atoms with van der Waals surface area (Å²) in [5.74, 6) is -0.477. The molecule has 1 spiro atoms. The van der Waals surface area contributed by atoms with E-state index in [-0.39, 0.29) is 41.5 Å². The highest BCUT2D eigenvalue weighted by Gasteiger charge is 2.55. The molecule has 0 aliphatic carbocycles. The molecule has 1 atom stereocenters. The number of thiocarbonyl (C=S) groups is 1. The molecule has 3 aromatic carbocycles. The Balaban J connectivity index is 1.92. The predicted molar refractivity (Wildman–Crippen MR) is 119 cm³/mol. The summed E-state index contributed by atoms with van der Waals surface area (Å²) >= 11 is 4.76. The van der Waals surface area contributed by atoms with E-state index in [9.17, 15) is 25.2 Å². The van der Waals surface area contributed by atoms with Crippen LogP contribution >= 0.6 is 12.2 Å². The Kier molecular flexibility index (Phi) is 4.92. The number of rotatable bonds is 4. The maximum Gasteiger partial charge on any atom is 0.340 e. The van der Waals surface area contributed by atoms with Crippen molar-refractivity contribution in [3.63, 3.8) is 0 Å². The van der Waals surface area contributed by atoms with E-state index in [1.54, 1.807) is 30.3 Å². The molecule has 33 heavy (non-hydrogen) atoms. The Morgan fingerprint density at radius 1 is 1.06 bits per heavy atom. The topological polar surface area (TPSA) is 129 Å². The lowest BCUT2D eigenvalue weighted by Gasteiger charge is -2.38. The summed E-state index contributed by atoms with van der Waals surface area (Å²) in [6.07, 6.45) is -1.68. The van der Waals surface area contributed by atoms with Crippen molar-refractivity contribution < 1.29 is 34.7 Å². The molecule has 0 bridgehead atoms. The van der Waals surface area contributed by atoms with Gasteiger partial charge in [0, 0.05) is 29.7 Å². The second-order valence-corrected chi connectivity index (χ2v) is 7.90. The van der Waals surface area contributed by atoms with Crippen LogP contribution in [0.4, 0.5) is 5.69 Å². The average molecular weight is 463 g/mol. The van der Waals surface area contributed by atoms with Crippen LogP contribution in [-0.2, 0) is 16.8 Å². The molecule has 2 aliphatic rings. The summed E-state index contributed by atoms with van der Waals surface area (Å²) in [6.45, 7) is 0. The summed E-state index contributed by atoms with van der Waals surface area (Å²) in [5, 5.41) is 42.0. The van der Waals surface area contributed by atoms with Crippen LogP contribution in [0, 0.1) is 0 Å². The number of ether oxygens (including phenoxy) is 2. The van der Waals surface area contributed by atoms with E-state index < -0.39 is 17.9 Å². The molecule has 166 valence electrons. The minimum Gasteiger partial charge on any atom is -0.508 e. The SMILES string of the molecule is O=C1OC2(c3ccc(O)cc3Oc3cc(O)c(N=C=S)c(CCC(O)O)c32)c2ccccc21. The number of aromatic hydroxyl groups is 2. The minimum absolute atomic E-state index is 0.0441. The molecule has 0 saturated heterocycles. The number of aliphatic hydroxyl groups is 2. The maximum absolute atomic E-state index is 13.0. The number of hydrogen-bond acceptors (Lipinski definition) is 9. The molecule has 0 radical (unpaired) electrons. The van der Waals surface area contributed by atoms with E-state index in [0.29, 0.717) is 27.8 Å². The lowest BCUT2D eigenvalue weighted by Crippen LogP contribution is -2.34. The Morgan fingerprint density at radius 2 is 1.85 bits per heavy atom. The first-order chi connectivity index (χ1) is 15.9. The number of hydrogen-bond donors (Lipinski definition) is 4. The van der Waals surface area contributed by atoms with Crippen LogP contribution < -0.4 is 4.74 Å².